The van der Waals surface area contributed by atoms with Crippen LogP contribution in [0.4, 0.5) is 5.69 Å². The van der Waals surface area contributed by atoms with Gasteiger partial charge in [0, 0.05) is 18.3 Å². The van der Waals surface area contributed by atoms with Crippen molar-refractivity contribution in [3.8, 4) is 11.5 Å². The number of amides is 1. The van der Waals surface area contributed by atoms with Gasteiger partial charge < -0.3 is 10.1 Å². The second-order valence-electron chi connectivity index (χ2n) is 9.67. The predicted molar refractivity (Wildman–Crippen MR) is 161 cm³/mol. The number of carbonyl (C=O) groups is 1. The van der Waals surface area contributed by atoms with E-state index in [1.807, 2.05) is 61.5 Å². The molecule has 0 spiro atoms. The van der Waals surface area contributed by atoms with Crippen molar-refractivity contribution >= 4 is 44.4 Å². The van der Waals surface area contributed by atoms with Gasteiger partial charge in [0.25, 0.3) is 0 Å². The van der Waals surface area contributed by atoms with Crippen molar-refractivity contribution in [3.05, 3.63) is 84.4 Å². The van der Waals surface area contributed by atoms with Crippen LogP contribution in [0.2, 0.25) is 0 Å². The topological polar surface area (TPSA) is 162 Å². The number of hydrogen-bond acceptors (Lipinski definition) is 9. The third-order valence-electron chi connectivity index (χ3n) is 6.73. The van der Waals surface area contributed by atoms with Gasteiger partial charge in [0.2, 0.25) is 15.9 Å². The first-order valence-corrected chi connectivity index (χ1v) is 15.5. The fourth-order valence-corrected chi connectivity index (χ4v) is 6.01. The van der Waals surface area contributed by atoms with Gasteiger partial charge in [0.1, 0.15) is 23.5 Å². The molecule has 5 rings (SSSR count). The van der Waals surface area contributed by atoms with Crippen LogP contribution < -0.4 is 30.9 Å². The molecule has 6 N–H and O–H groups in total. The number of hydrogen-bond donors (Lipinski definition) is 5. The Hall–Kier alpha value is -3.75. The quantitative estimate of drug-likeness (QED) is 0.253. The molecule has 2 heterocycles. The number of ether oxygens (including phenoxy) is 1. The van der Waals surface area contributed by atoms with Gasteiger partial charge in [0.05, 0.1) is 16.6 Å². The van der Waals surface area contributed by atoms with Crippen LogP contribution in [0.3, 0.4) is 0 Å². The molecule has 3 atom stereocenters. The van der Waals surface area contributed by atoms with Crippen molar-refractivity contribution < 1.29 is 17.9 Å². The highest BCUT2D eigenvalue weighted by atomic mass is 32.2. The highest BCUT2D eigenvalue weighted by Gasteiger charge is 2.43. The maximum absolute atomic E-state index is 12.7. The summed E-state index contributed by atoms with van der Waals surface area (Å²) in [6.45, 7) is 2.39. The maximum Gasteiger partial charge on any atom is 0.238 e. The molecule has 1 fully saturated rings. The summed E-state index contributed by atoms with van der Waals surface area (Å²) < 4.78 is 28.8. The summed E-state index contributed by atoms with van der Waals surface area (Å²) in [5.74, 6) is 1.55. The van der Waals surface area contributed by atoms with Crippen LogP contribution in [0, 0.1) is 11.3 Å². The lowest BCUT2D eigenvalue weighted by atomic mass is 9.97. The molecule has 3 aromatic rings. The lowest BCUT2D eigenvalue weighted by Gasteiger charge is -2.36. The van der Waals surface area contributed by atoms with Gasteiger partial charge in [-0.25, -0.2) is 24.0 Å². The molecule has 1 saturated heterocycles. The lowest BCUT2D eigenvalue weighted by Crippen LogP contribution is -2.50. The zero-order chi connectivity index (χ0) is 29.0. The highest BCUT2D eigenvalue weighted by Crippen LogP contribution is 2.33. The number of hydrazine groups is 1. The molecule has 214 valence electrons. The first-order chi connectivity index (χ1) is 19.7. The van der Waals surface area contributed by atoms with E-state index in [0.29, 0.717) is 29.7 Å². The molecule has 0 aromatic heterocycles. The minimum Gasteiger partial charge on any atom is -0.457 e. The van der Waals surface area contributed by atoms with E-state index in [1.54, 1.807) is 17.0 Å². The van der Waals surface area contributed by atoms with E-state index in [-0.39, 0.29) is 34.7 Å². The Labute approximate surface area is 243 Å². The summed E-state index contributed by atoms with van der Waals surface area (Å²) in [6.07, 6.45) is 0.230. The number of thioether (sulfide) groups is 1. The van der Waals surface area contributed by atoms with Crippen molar-refractivity contribution in [2.45, 2.75) is 30.4 Å². The number of aliphatic imine (C=N–C) groups is 1. The Balaban J connectivity index is 1.23. The first-order valence-electron chi connectivity index (χ1n) is 13.0. The van der Waals surface area contributed by atoms with Crippen molar-refractivity contribution in [2.24, 2.45) is 16.0 Å². The van der Waals surface area contributed by atoms with E-state index in [2.05, 4.69) is 16.2 Å². The summed E-state index contributed by atoms with van der Waals surface area (Å²) in [7, 11) is -3.74. The van der Waals surface area contributed by atoms with Crippen LogP contribution in [-0.2, 0) is 21.2 Å². The zero-order valence-corrected chi connectivity index (χ0v) is 23.9. The standard InChI is InChI=1S/C28H31N7O4S2/c1-18-25-26(29)35(20-9-11-22(12-10-20)39-21-5-3-2-4-6-21)28(32-27(25)34-33-18)40-17-24(36)31-16-15-19-7-13-23(14-8-19)41(30,37)38/h2-14,18,25,27,29,33-34H,15-17H2,1H3,(H,31,36)(H2,30,37,38). The van der Waals surface area contributed by atoms with Crippen LogP contribution in [0.5, 0.6) is 11.5 Å². The number of anilines is 1. The van der Waals surface area contributed by atoms with Gasteiger partial charge in [-0.15, -0.1) is 0 Å². The van der Waals surface area contributed by atoms with Crippen LogP contribution >= 0.6 is 11.8 Å². The van der Waals surface area contributed by atoms with Crippen LogP contribution in [0.25, 0.3) is 0 Å². The SMILES string of the molecule is CC1NNC2N=C(SCC(=O)NCCc3ccc(S(N)(=O)=O)cc3)N(c3ccc(Oc4ccccc4)cc3)C(=N)C12. The summed E-state index contributed by atoms with van der Waals surface area (Å²) in [6, 6.07) is 23.2. The van der Waals surface area contributed by atoms with Crippen molar-refractivity contribution in [2.75, 3.05) is 17.2 Å². The van der Waals surface area contributed by atoms with E-state index >= 15 is 0 Å². The van der Waals surface area contributed by atoms with Crippen molar-refractivity contribution in [1.82, 2.24) is 16.2 Å². The Morgan fingerprint density at radius 1 is 1.05 bits per heavy atom. The van der Waals surface area contributed by atoms with Crippen LogP contribution in [0.15, 0.2) is 88.8 Å². The minimum absolute atomic E-state index is 0.00770. The summed E-state index contributed by atoms with van der Waals surface area (Å²) in [5.41, 5.74) is 7.94. The third kappa shape index (κ3) is 6.94. The molecule has 3 unspecified atom stereocenters. The molecular weight excluding hydrogens is 562 g/mol. The van der Waals surface area contributed by atoms with E-state index in [9.17, 15) is 13.2 Å². The van der Waals surface area contributed by atoms with Crippen molar-refractivity contribution in [1.29, 1.82) is 5.41 Å². The molecular formula is C28H31N7O4S2. The smallest absolute Gasteiger partial charge is 0.238 e. The Morgan fingerprint density at radius 2 is 1.73 bits per heavy atom. The molecule has 3 aromatic carbocycles. The molecule has 13 heteroatoms. The molecule has 41 heavy (non-hydrogen) atoms. The molecule has 0 saturated carbocycles. The van der Waals surface area contributed by atoms with Crippen LogP contribution in [-0.4, -0.2) is 49.8 Å². The van der Waals surface area contributed by atoms with Crippen molar-refractivity contribution in [3.63, 3.8) is 0 Å². The van der Waals surface area contributed by atoms with Gasteiger partial charge in [-0.05, 0) is 67.4 Å². The summed E-state index contributed by atoms with van der Waals surface area (Å²) >= 11 is 1.26. The largest absolute Gasteiger partial charge is 0.457 e. The van der Waals surface area contributed by atoms with Gasteiger partial charge in [0.15, 0.2) is 5.17 Å². The number of carbonyl (C=O) groups excluding carboxylic acids is 1. The fourth-order valence-electron chi connectivity index (χ4n) is 4.61. The van der Waals surface area contributed by atoms with Gasteiger partial charge in [-0.1, -0.05) is 42.1 Å². The number of primary sulfonamides is 1. The number of nitrogens with zero attached hydrogens (tertiary/aromatic N) is 2. The summed E-state index contributed by atoms with van der Waals surface area (Å²) in [4.78, 5) is 19.4. The third-order valence-corrected chi connectivity index (χ3v) is 8.61. The Morgan fingerprint density at radius 3 is 2.41 bits per heavy atom. The minimum atomic E-state index is -3.74. The molecule has 0 aliphatic carbocycles. The number of amidine groups is 2. The summed E-state index contributed by atoms with van der Waals surface area (Å²) in [5, 5.41) is 17.6. The maximum atomic E-state index is 12.7. The monoisotopic (exact) mass is 593 g/mol. The van der Waals surface area contributed by atoms with E-state index in [4.69, 9.17) is 20.3 Å². The number of rotatable bonds is 9. The van der Waals surface area contributed by atoms with Gasteiger partial charge in [-0.3, -0.25) is 20.5 Å². The first kappa shape index (κ1) is 28.8. The second-order valence-corrected chi connectivity index (χ2v) is 12.2. The zero-order valence-electron chi connectivity index (χ0n) is 22.3. The number of sulfonamides is 1. The van der Waals surface area contributed by atoms with Gasteiger partial charge in [-0.2, -0.15) is 0 Å². The normalized spacial score (nSPS) is 20.3. The molecule has 1 amide bonds. The Kier molecular flexibility index (Phi) is 8.71. The Bertz CT molecular complexity index is 1530. The molecule has 0 radical (unpaired) electrons. The fraction of sp³-hybridized carbons (Fsp3) is 0.250. The van der Waals surface area contributed by atoms with E-state index in [0.717, 1.165) is 17.0 Å². The lowest BCUT2D eigenvalue weighted by molar-refractivity contribution is -0.118. The number of fused-ring (bicyclic) bond motifs is 1. The molecule has 0 bridgehead atoms. The number of benzene rings is 3. The average Bonchev–Trinajstić information content (AvgIpc) is 3.33. The van der Waals surface area contributed by atoms with Crippen LogP contribution in [0.1, 0.15) is 12.5 Å². The number of nitrogens with one attached hydrogen (secondary N) is 4. The second kappa shape index (κ2) is 12.4. The molecule has 2 aliphatic heterocycles. The highest BCUT2D eigenvalue weighted by molar-refractivity contribution is 8.14. The number of nitrogens with two attached hydrogens (primary N) is 1. The van der Waals surface area contributed by atoms with E-state index in [1.165, 1.54) is 23.9 Å². The predicted octanol–water partition coefficient (Wildman–Crippen LogP) is 2.81. The number of para-hydroxylation sites is 1. The van der Waals surface area contributed by atoms with E-state index < -0.39 is 10.0 Å². The van der Waals surface area contributed by atoms with Gasteiger partial charge >= 0.3 is 0 Å². The molecule has 11 nitrogen and oxygen atoms in total. The molecule has 2 aliphatic rings. The average molecular weight is 594 g/mol.